The molecule has 2 aromatic rings. The molecule has 1 aliphatic heterocycles. The van der Waals surface area contributed by atoms with Crippen LogP contribution in [0.4, 0.5) is 9.18 Å². The van der Waals surface area contributed by atoms with Crippen molar-refractivity contribution in [1.82, 2.24) is 9.47 Å². The Balaban J connectivity index is 2.18. The summed E-state index contributed by atoms with van der Waals surface area (Å²) >= 11 is 0. The first kappa shape index (κ1) is 16.3. The van der Waals surface area contributed by atoms with E-state index in [1.165, 1.54) is 10.6 Å². The smallest absolute Gasteiger partial charge is 0.328 e. The molecule has 1 fully saturated rings. The van der Waals surface area contributed by atoms with Gasteiger partial charge in [-0.25, -0.2) is 9.18 Å². The standard InChI is InChI=1S/C17H19FN2O4/c1-10-11(8-16(22)23)12-7-15(21)13(18)9-14(12)20(10)17(24)19-5-3-2-4-6-19/h7,9,21H,2-6,8H2,1H3,(H,22,23). The lowest BCUT2D eigenvalue weighted by Crippen LogP contribution is -2.38. The van der Waals surface area contributed by atoms with Gasteiger partial charge in [0.2, 0.25) is 0 Å². The minimum atomic E-state index is -1.05. The molecule has 0 radical (unpaired) electrons. The Labute approximate surface area is 138 Å². The summed E-state index contributed by atoms with van der Waals surface area (Å²) in [6.45, 7) is 2.91. The van der Waals surface area contributed by atoms with Gasteiger partial charge in [0.25, 0.3) is 0 Å². The molecule has 1 aromatic carbocycles. The number of phenols is 1. The molecule has 2 N–H and O–H groups in total. The monoisotopic (exact) mass is 334 g/mol. The van der Waals surface area contributed by atoms with Gasteiger partial charge in [0.05, 0.1) is 11.9 Å². The first-order valence-corrected chi connectivity index (χ1v) is 7.93. The van der Waals surface area contributed by atoms with E-state index >= 15 is 0 Å². The molecule has 0 saturated carbocycles. The third kappa shape index (κ3) is 2.70. The first-order valence-electron chi connectivity index (χ1n) is 7.93. The number of likely N-dealkylation sites (tertiary alicyclic amines) is 1. The van der Waals surface area contributed by atoms with Crippen molar-refractivity contribution in [2.24, 2.45) is 0 Å². The molecule has 24 heavy (non-hydrogen) atoms. The summed E-state index contributed by atoms with van der Waals surface area (Å²) in [5.41, 5.74) is 1.17. The number of hydrogen-bond acceptors (Lipinski definition) is 3. The van der Waals surface area contributed by atoms with E-state index in [1.54, 1.807) is 11.8 Å². The Bertz CT molecular complexity index is 822. The third-order valence-electron chi connectivity index (χ3n) is 4.55. The number of carbonyl (C=O) groups excluding carboxylic acids is 1. The zero-order valence-corrected chi connectivity index (χ0v) is 13.4. The van der Waals surface area contributed by atoms with Crippen molar-refractivity contribution in [2.75, 3.05) is 13.1 Å². The van der Waals surface area contributed by atoms with Crippen molar-refractivity contribution in [3.63, 3.8) is 0 Å². The molecule has 7 heteroatoms. The zero-order chi connectivity index (χ0) is 17.4. The maximum absolute atomic E-state index is 13.8. The van der Waals surface area contributed by atoms with Crippen LogP contribution in [-0.4, -0.2) is 44.8 Å². The number of carboxylic acids is 1. The number of aliphatic carboxylic acids is 1. The zero-order valence-electron chi connectivity index (χ0n) is 13.4. The fourth-order valence-electron chi connectivity index (χ4n) is 3.34. The second-order valence-corrected chi connectivity index (χ2v) is 6.12. The average molecular weight is 334 g/mol. The van der Waals surface area contributed by atoms with Crippen LogP contribution in [0.1, 0.15) is 30.5 Å². The molecule has 1 aliphatic rings. The van der Waals surface area contributed by atoms with Crippen LogP contribution in [0.3, 0.4) is 0 Å². The second kappa shape index (κ2) is 6.14. The van der Waals surface area contributed by atoms with Crippen LogP contribution in [0.15, 0.2) is 12.1 Å². The molecule has 0 bridgehead atoms. The number of carboxylic acid groups (broad SMARTS) is 1. The summed E-state index contributed by atoms with van der Waals surface area (Å²) < 4.78 is 15.2. The van der Waals surface area contributed by atoms with Crippen LogP contribution >= 0.6 is 0 Å². The van der Waals surface area contributed by atoms with Gasteiger partial charge in [-0.05, 0) is 37.8 Å². The predicted octanol–water partition coefficient (Wildman–Crippen LogP) is 2.88. The Hall–Kier alpha value is -2.57. The Morgan fingerprint density at radius 3 is 2.50 bits per heavy atom. The number of amides is 1. The summed E-state index contributed by atoms with van der Waals surface area (Å²) in [6, 6.07) is 2.00. The average Bonchev–Trinajstić information content (AvgIpc) is 2.80. The number of hydrogen-bond donors (Lipinski definition) is 2. The van der Waals surface area contributed by atoms with Crippen molar-refractivity contribution in [1.29, 1.82) is 0 Å². The lowest BCUT2D eigenvalue weighted by atomic mass is 10.1. The molecule has 0 spiro atoms. The van der Waals surface area contributed by atoms with Gasteiger partial charge in [0.1, 0.15) is 0 Å². The topological polar surface area (TPSA) is 82.8 Å². The SMILES string of the molecule is Cc1c(CC(=O)O)c2cc(O)c(F)cc2n1C(=O)N1CCCCC1. The van der Waals surface area contributed by atoms with Crippen LogP contribution in [0, 0.1) is 12.7 Å². The molecule has 2 heterocycles. The third-order valence-corrected chi connectivity index (χ3v) is 4.55. The molecule has 0 atom stereocenters. The van der Waals surface area contributed by atoms with Gasteiger partial charge >= 0.3 is 12.0 Å². The van der Waals surface area contributed by atoms with Gasteiger partial charge in [-0.1, -0.05) is 0 Å². The summed E-state index contributed by atoms with van der Waals surface area (Å²) in [5.74, 6) is -2.45. The maximum atomic E-state index is 13.8. The van der Waals surface area contributed by atoms with Crippen molar-refractivity contribution >= 4 is 22.9 Å². The van der Waals surface area contributed by atoms with E-state index in [1.807, 2.05) is 0 Å². The normalized spacial score (nSPS) is 15.0. The highest BCUT2D eigenvalue weighted by molar-refractivity contribution is 5.97. The number of aromatic hydroxyl groups is 1. The van der Waals surface area contributed by atoms with E-state index in [4.69, 9.17) is 5.11 Å². The Morgan fingerprint density at radius 1 is 1.21 bits per heavy atom. The predicted molar refractivity (Wildman–Crippen MR) is 85.9 cm³/mol. The molecule has 0 unspecified atom stereocenters. The molecule has 128 valence electrons. The number of rotatable bonds is 2. The van der Waals surface area contributed by atoms with Crippen molar-refractivity contribution in [3.8, 4) is 5.75 Å². The van der Waals surface area contributed by atoms with E-state index < -0.39 is 17.5 Å². The van der Waals surface area contributed by atoms with Crippen molar-refractivity contribution in [2.45, 2.75) is 32.6 Å². The maximum Gasteiger partial charge on any atom is 0.328 e. The lowest BCUT2D eigenvalue weighted by Gasteiger charge is -2.27. The second-order valence-electron chi connectivity index (χ2n) is 6.12. The van der Waals surface area contributed by atoms with E-state index in [9.17, 15) is 19.1 Å². The minimum absolute atomic E-state index is 0.279. The Morgan fingerprint density at radius 2 is 1.88 bits per heavy atom. The molecular weight excluding hydrogens is 315 g/mol. The van der Waals surface area contributed by atoms with Gasteiger partial charge in [-0.3, -0.25) is 9.36 Å². The summed E-state index contributed by atoms with van der Waals surface area (Å²) in [5, 5.41) is 19.2. The highest BCUT2D eigenvalue weighted by Gasteiger charge is 2.25. The van der Waals surface area contributed by atoms with Crippen LogP contribution in [-0.2, 0) is 11.2 Å². The molecule has 1 amide bonds. The summed E-state index contributed by atoms with van der Waals surface area (Å²) in [7, 11) is 0. The molecule has 3 rings (SSSR count). The molecule has 6 nitrogen and oxygen atoms in total. The fourth-order valence-corrected chi connectivity index (χ4v) is 3.34. The summed E-state index contributed by atoms with van der Waals surface area (Å²) in [6.07, 6.45) is 2.61. The largest absolute Gasteiger partial charge is 0.505 e. The van der Waals surface area contributed by atoms with Gasteiger partial charge in [0.15, 0.2) is 11.6 Å². The highest BCUT2D eigenvalue weighted by atomic mass is 19.1. The number of fused-ring (bicyclic) bond motifs is 1. The van der Waals surface area contributed by atoms with E-state index in [0.29, 0.717) is 29.7 Å². The lowest BCUT2D eigenvalue weighted by molar-refractivity contribution is -0.136. The van der Waals surface area contributed by atoms with Gasteiger partial charge in [0, 0.05) is 30.2 Å². The minimum Gasteiger partial charge on any atom is -0.505 e. The molecular formula is C17H19FN2O4. The number of aromatic nitrogens is 1. The highest BCUT2D eigenvalue weighted by Crippen LogP contribution is 2.32. The number of benzene rings is 1. The van der Waals surface area contributed by atoms with Crippen LogP contribution in [0.5, 0.6) is 5.75 Å². The fraction of sp³-hybridized carbons (Fsp3) is 0.412. The van der Waals surface area contributed by atoms with E-state index in [0.717, 1.165) is 25.3 Å². The molecule has 1 aromatic heterocycles. The van der Waals surface area contributed by atoms with Crippen LogP contribution < -0.4 is 0 Å². The van der Waals surface area contributed by atoms with Crippen LogP contribution in [0.25, 0.3) is 10.9 Å². The van der Waals surface area contributed by atoms with Gasteiger partial charge in [-0.2, -0.15) is 0 Å². The van der Waals surface area contributed by atoms with Gasteiger partial charge < -0.3 is 15.1 Å². The Kier molecular flexibility index (Phi) is 4.17. The van der Waals surface area contributed by atoms with Gasteiger partial charge in [-0.15, -0.1) is 0 Å². The van der Waals surface area contributed by atoms with Crippen LogP contribution in [0.2, 0.25) is 0 Å². The summed E-state index contributed by atoms with van der Waals surface area (Å²) in [4.78, 5) is 25.7. The number of nitrogens with zero attached hydrogens (tertiary/aromatic N) is 2. The first-order chi connectivity index (χ1) is 11.4. The molecule has 0 aliphatic carbocycles. The number of phenolic OH excluding ortho intramolecular Hbond substituents is 1. The number of piperidine rings is 1. The quantitative estimate of drug-likeness (QED) is 0.885. The number of halogens is 1. The van der Waals surface area contributed by atoms with E-state index in [2.05, 4.69) is 0 Å². The number of carbonyl (C=O) groups is 2. The van der Waals surface area contributed by atoms with E-state index in [-0.39, 0.29) is 18.0 Å². The van der Waals surface area contributed by atoms with Crippen molar-refractivity contribution in [3.05, 3.63) is 29.2 Å². The van der Waals surface area contributed by atoms with Crippen molar-refractivity contribution < 1.29 is 24.2 Å². The molecule has 1 saturated heterocycles.